The summed E-state index contributed by atoms with van der Waals surface area (Å²) in [7, 11) is 3.45. The lowest BCUT2D eigenvalue weighted by molar-refractivity contribution is 0.0815. The first-order valence-electron chi connectivity index (χ1n) is 10.0. The molecule has 6 heteroatoms. The molecule has 0 saturated carbocycles. The van der Waals surface area contributed by atoms with Crippen molar-refractivity contribution in [2.45, 2.75) is 46.2 Å². The van der Waals surface area contributed by atoms with Gasteiger partial charge in [0.25, 0.3) is 5.91 Å². The number of hydrogen-bond acceptors (Lipinski definition) is 5. The van der Waals surface area contributed by atoms with Crippen LogP contribution in [0.5, 0.6) is 0 Å². The zero-order valence-electron chi connectivity index (χ0n) is 17.6. The molecule has 2 aromatic rings. The summed E-state index contributed by atoms with van der Waals surface area (Å²) in [6.07, 6.45) is 2.12. The molecule has 1 aliphatic heterocycles. The zero-order valence-corrected chi connectivity index (χ0v) is 17.6. The van der Waals surface area contributed by atoms with Gasteiger partial charge in [0.05, 0.1) is 0 Å². The summed E-state index contributed by atoms with van der Waals surface area (Å²) < 4.78 is 0. The molecular formula is C22H31N5O. The molecule has 2 heterocycles. The zero-order chi connectivity index (χ0) is 20.3. The summed E-state index contributed by atoms with van der Waals surface area (Å²) >= 11 is 0. The fraction of sp³-hybridized carbons (Fsp3) is 0.500. The second-order valence-corrected chi connectivity index (χ2v) is 7.77. The van der Waals surface area contributed by atoms with Gasteiger partial charge in [-0.3, -0.25) is 4.79 Å². The smallest absolute Gasteiger partial charge is 0.291 e. The Hall–Kier alpha value is -2.47. The number of aromatic nitrogens is 2. The topological polar surface area (TPSA) is 61.4 Å². The molecule has 1 amide bonds. The summed E-state index contributed by atoms with van der Waals surface area (Å²) in [5, 5.41) is 3.68. The minimum absolute atomic E-state index is 0.158. The summed E-state index contributed by atoms with van der Waals surface area (Å²) in [5.41, 5.74) is 4.61. The monoisotopic (exact) mass is 381 g/mol. The highest BCUT2D eigenvalue weighted by molar-refractivity contribution is 5.90. The summed E-state index contributed by atoms with van der Waals surface area (Å²) in [6.45, 7) is 8.85. The Bertz CT molecular complexity index is 849. The van der Waals surface area contributed by atoms with Crippen LogP contribution in [0.15, 0.2) is 24.3 Å². The van der Waals surface area contributed by atoms with Gasteiger partial charge in [-0.05, 0) is 37.8 Å². The Balaban J connectivity index is 1.68. The number of nitrogens with zero attached hydrogens (tertiary/aromatic N) is 4. The van der Waals surface area contributed by atoms with Gasteiger partial charge in [0, 0.05) is 51.0 Å². The third-order valence-corrected chi connectivity index (χ3v) is 5.44. The van der Waals surface area contributed by atoms with E-state index in [1.54, 1.807) is 14.1 Å². The van der Waals surface area contributed by atoms with Gasteiger partial charge in [0.1, 0.15) is 5.82 Å². The highest BCUT2D eigenvalue weighted by atomic mass is 16.2. The van der Waals surface area contributed by atoms with E-state index in [1.807, 2.05) is 13.8 Å². The minimum Gasteiger partial charge on any atom is -0.355 e. The number of benzene rings is 1. The molecule has 1 saturated heterocycles. The Morgan fingerprint density at radius 3 is 2.71 bits per heavy atom. The predicted octanol–water partition coefficient (Wildman–Crippen LogP) is 2.73. The number of rotatable bonds is 6. The molecule has 1 atom stereocenters. The lowest BCUT2D eigenvalue weighted by Crippen LogP contribution is -2.33. The molecule has 0 radical (unpaired) electrons. The SMILES string of the molecule is CCc1cccc(CN[C@@H]2CCN(c3nc(C(=O)N(C)C)nc(C)c3C)C2)c1. The lowest BCUT2D eigenvalue weighted by atomic mass is 10.1. The van der Waals surface area contributed by atoms with Gasteiger partial charge in [-0.25, -0.2) is 9.97 Å². The Labute approximate surface area is 168 Å². The Morgan fingerprint density at radius 2 is 2.00 bits per heavy atom. The maximum Gasteiger partial charge on any atom is 0.291 e. The molecule has 1 aromatic carbocycles. The molecule has 28 heavy (non-hydrogen) atoms. The first-order valence-corrected chi connectivity index (χ1v) is 10.0. The van der Waals surface area contributed by atoms with Crippen molar-refractivity contribution >= 4 is 11.7 Å². The van der Waals surface area contributed by atoms with Gasteiger partial charge in [-0.1, -0.05) is 31.2 Å². The Morgan fingerprint density at radius 1 is 1.25 bits per heavy atom. The number of hydrogen-bond donors (Lipinski definition) is 1. The van der Waals surface area contributed by atoms with E-state index in [1.165, 1.54) is 16.0 Å². The van der Waals surface area contributed by atoms with Gasteiger partial charge in [0.15, 0.2) is 0 Å². The van der Waals surface area contributed by atoms with E-state index in [-0.39, 0.29) is 11.7 Å². The van der Waals surface area contributed by atoms with E-state index in [9.17, 15) is 4.79 Å². The van der Waals surface area contributed by atoms with E-state index >= 15 is 0 Å². The summed E-state index contributed by atoms with van der Waals surface area (Å²) in [4.78, 5) is 25.1. The molecular weight excluding hydrogens is 350 g/mol. The van der Waals surface area contributed by atoms with Crippen LogP contribution in [0.4, 0.5) is 5.82 Å². The fourth-order valence-corrected chi connectivity index (χ4v) is 3.56. The lowest BCUT2D eigenvalue weighted by Gasteiger charge is -2.22. The van der Waals surface area contributed by atoms with Crippen LogP contribution >= 0.6 is 0 Å². The van der Waals surface area contributed by atoms with Crippen LogP contribution < -0.4 is 10.2 Å². The number of nitrogens with one attached hydrogen (secondary N) is 1. The molecule has 6 nitrogen and oxygen atoms in total. The van der Waals surface area contributed by atoms with E-state index in [4.69, 9.17) is 0 Å². The van der Waals surface area contributed by atoms with E-state index in [0.29, 0.717) is 6.04 Å². The predicted molar refractivity (Wildman–Crippen MR) is 113 cm³/mol. The third kappa shape index (κ3) is 4.50. The normalized spacial score (nSPS) is 16.5. The van der Waals surface area contributed by atoms with Gasteiger partial charge >= 0.3 is 0 Å². The molecule has 1 aliphatic rings. The highest BCUT2D eigenvalue weighted by Crippen LogP contribution is 2.24. The maximum atomic E-state index is 12.3. The molecule has 1 aromatic heterocycles. The van der Waals surface area contributed by atoms with Crippen LogP contribution in [0.1, 0.15) is 46.3 Å². The average Bonchev–Trinajstić information content (AvgIpc) is 3.16. The van der Waals surface area contributed by atoms with Gasteiger partial charge in [0.2, 0.25) is 5.82 Å². The second kappa shape index (κ2) is 8.69. The molecule has 0 unspecified atom stereocenters. The first-order chi connectivity index (χ1) is 13.4. The number of aryl methyl sites for hydroxylation is 2. The van der Waals surface area contributed by atoms with Crippen molar-refractivity contribution in [1.82, 2.24) is 20.2 Å². The van der Waals surface area contributed by atoms with Gasteiger partial charge in [-0.15, -0.1) is 0 Å². The molecule has 0 spiro atoms. The summed E-state index contributed by atoms with van der Waals surface area (Å²) in [6, 6.07) is 9.17. The molecule has 3 rings (SSSR count). The van der Waals surface area contributed by atoms with Crippen molar-refractivity contribution in [3.63, 3.8) is 0 Å². The van der Waals surface area contributed by atoms with Crippen LogP contribution in [0, 0.1) is 13.8 Å². The standard InChI is InChI=1S/C22H31N5O/c1-6-17-8-7-9-18(12-17)13-23-19-10-11-27(14-19)21-15(2)16(3)24-20(25-21)22(28)26(4)5/h7-9,12,19,23H,6,10-11,13-14H2,1-5H3/t19-/m1/s1. The number of carbonyl (C=O) groups is 1. The quantitative estimate of drug-likeness (QED) is 0.834. The van der Waals surface area contributed by atoms with Crippen molar-refractivity contribution in [2.75, 3.05) is 32.1 Å². The first kappa shape index (κ1) is 20.3. The molecule has 0 bridgehead atoms. The van der Waals surface area contributed by atoms with Crippen LogP contribution in [-0.2, 0) is 13.0 Å². The fourth-order valence-electron chi connectivity index (χ4n) is 3.56. The van der Waals surface area contributed by atoms with Crippen LogP contribution in [0.3, 0.4) is 0 Å². The van der Waals surface area contributed by atoms with Crippen molar-refractivity contribution in [1.29, 1.82) is 0 Å². The third-order valence-electron chi connectivity index (χ3n) is 5.44. The van der Waals surface area contributed by atoms with Crippen LogP contribution in [0.2, 0.25) is 0 Å². The number of carbonyl (C=O) groups excluding carboxylic acids is 1. The van der Waals surface area contributed by atoms with Gasteiger partial charge < -0.3 is 15.1 Å². The van der Waals surface area contributed by atoms with E-state index in [2.05, 4.69) is 51.4 Å². The molecule has 1 N–H and O–H groups in total. The minimum atomic E-state index is -0.158. The number of anilines is 1. The second-order valence-electron chi connectivity index (χ2n) is 7.77. The summed E-state index contributed by atoms with van der Waals surface area (Å²) in [5.74, 6) is 1.000. The molecule has 1 fully saturated rings. The van der Waals surface area contributed by atoms with Gasteiger partial charge in [-0.2, -0.15) is 0 Å². The molecule has 150 valence electrons. The maximum absolute atomic E-state index is 12.3. The van der Waals surface area contributed by atoms with Crippen molar-refractivity contribution in [3.8, 4) is 0 Å². The molecule has 0 aliphatic carbocycles. The Kier molecular flexibility index (Phi) is 6.29. The van der Waals surface area contributed by atoms with Crippen molar-refractivity contribution < 1.29 is 4.79 Å². The highest BCUT2D eigenvalue weighted by Gasteiger charge is 2.26. The van der Waals surface area contributed by atoms with Crippen molar-refractivity contribution in [2.24, 2.45) is 0 Å². The van der Waals surface area contributed by atoms with E-state index < -0.39 is 0 Å². The van der Waals surface area contributed by atoms with Crippen molar-refractivity contribution in [3.05, 3.63) is 52.5 Å². The average molecular weight is 382 g/mol. The van der Waals surface area contributed by atoms with E-state index in [0.717, 1.165) is 49.6 Å². The van der Waals surface area contributed by atoms with Crippen LogP contribution in [0.25, 0.3) is 0 Å². The largest absolute Gasteiger partial charge is 0.355 e. The number of amides is 1. The van der Waals surface area contributed by atoms with Crippen LogP contribution in [-0.4, -0.2) is 54.0 Å².